The van der Waals surface area contributed by atoms with E-state index in [0.717, 1.165) is 33.5 Å². The van der Waals surface area contributed by atoms with Gasteiger partial charge in [0.15, 0.2) is 12.1 Å². The number of thioether (sulfide) groups is 1. The van der Waals surface area contributed by atoms with Crippen molar-refractivity contribution in [3.05, 3.63) is 126 Å². The summed E-state index contributed by atoms with van der Waals surface area (Å²) in [7, 11) is 0. The van der Waals surface area contributed by atoms with Gasteiger partial charge in [-0.3, -0.25) is 9.59 Å². The first-order valence-electron chi connectivity index (χ1n) is 16.2. The summed E-state index contributed by atoms with van der Waals surface area (Å²) in [6.07, 6.45) is -0.879. The maximum Gasteiger partial charge on any atom is 0.303 e. The SMILES string of the molecule is CC1C(CSc2nc(-c3ccccc3)c(-c3ccccc3)o2)OC(c2ccc(NC(=O)CCCC(=O)O)cc2)OC1c1ccc(CO)cc1. The normalized spacial score (nSPS) is 19.0. The lowest BCUT2D eigenvalue weighted by atomic mass is 9.91. The molecule has 6 rings (SSSR count). The van der Waals surface area contributed by atoms with Crippen LogP contribution in [-0.2, 0) is 25.7 Å². The number of hydrogen-bond donors (Lipinski definition) is 3. The van der Waals surface area contributed by atoms with E-state index in [-0.39, 0.29) is 49.9 Å². The molecular weight excluding hydrogens is 641 g/mol. The Hall–Kier alpha value is -4.74. The van der Waals surface area contributed by atoms with Crippen LogP contribution in [0.4, 0.5) is 5.69 Å². The summed E-state index contributed by atoms with van der Waals surface area (Å²) in [5.74, 6) is 0.0652. The highest BCUT2D eigenvalue weighted by molar-refractivity contribution is 7.99. The molecule has 2 heterocycles. The van der Waals surface area contributed by atoms with E-state index in [2.05, 4.69) is 12.2 Å². The van der Waals surface area contributed by atoms with Gasteiger partial charge in [-0.25, -0.2) is 4.98 Å². The molecule has 1 saturated heterocycles. The summed E-state index contributed by atoms with van der Waals surface area (Å²) in [5.41, 5.74) is 5.89. The van der Waals surface area contributed by atoms with Gasteiger partial charge in [0.2, 0.25) is 5.91 Å². The quantitative estimate of drug-likeness (QED) is 0.105. The first kappa shape index (κ1) is 34.1. The monoisotopic (exact) mass is 678 g/mol. The van der Waals surface area contributed by atoms with Crippen molar-refractivity contribution < 1.29 is 33.7 Å². The highest BCUT2D eigenvalue weighted by Crippen LogP contribution is 2.44. The maximum absolute atomic E-state index is 12.3. The van der Waals surface area contributed by atoms with Crippen molar-refractivity contribution in [1.29, 1.82) is 0 Å². The Morgan fingerprint density at radius 3 is 2.12 bits per heavy atom. The number of aliphatic carboxylic acids is 1. The summed E-state index contributed by atoms with van der Waals surface area (Å²) in [6.45, 7) is 2.07. The van der Waals surface area contributed by atoms with Crippen molar-refractivity contribution in [3.63, 3.8) is 0 Å². The molecule has 0 radical (unpaired) electrons. The number of carbonyl (C=O) groups is 2. The van der Waals surface area contributed by atoms with Crippen LogP contribution in [0.2, 0.25) is 0 Å². The zero-order valence-electron chi connectivity index (χ0n) is 27.0. The number of aliphatic hydroxyl groups is 1. The number of carboxylic acids is 1. The van der Waals surface area contributed by atoms with Gasteiger partial charge in [0.1, 0.15) is 5.69 Å². The van der Waals surface area contributed by atoms with Gasteiger partial charge in [0, 0.05) is 46.9 Å². The van der Waals surface area contributed by atoms with Gasteiger partial charge in [-0.1, -0.05) is 116 Å². The van der Waals surface area contributed by atoms with Crippen molar-refractivity contribution in [2.45, 2.75) is 56.5 Å². The first-order chi connectivity index (χ1) is 23.9. The van der Waals surface area contributed by atoms with E-state index in [9.17, 15) is 14.7 Å². The van der Waals surface area contributed by atoms with Gasteiger partial charge in [0.25, 0.3) is 5.22 Å². The van der Waals surface area contributed by atoms with Crippen LogP contribution in [0.1, 0.15) is 55.3 Å². The Morgan fingerprint density at radius 2 is 1.47 bits per heavy atom. The van der Waals surface area contributed by atoms with Crippen molar-refractivity contribution >= 4 is 29.3 Å². The zero-order valence-corrected chi connectivity index (χ0v) is 27.8. The number of benzene rings is 4. The second kappa shape index (κ2) is 16.1. The van der Waals surface area contributed by atoms with Gasteiger partial charge < -0.3 is 29.4 Å². The van der Waals surface area contributed by atoms with Gasteiger partial charge in [-0.2, -0.15) is 0 Å². The largest absolute Gasteiger partial charge is 0.481 e. The third-order valence-corrected chi connectivity index (χ3v) is 9.36. The minimum Gasteiger partial charge on any atom is -0.481 e. The fourth-order valence-electron chi connectivity index (χ4n) is 5.75. The van der Waals surface area contributed by atoms with Crippen LogP contribution in [0.25, 0.3) is 22.6 Å². The van der Waals surface area contributed by atoms with E-state index in [1.165, 1.54) is 11.8 Å². The van der Waals surface area contributed by atoms with Crippen LogP contribution < -0.4 is 5.32 Å². The molecule has 1 amide bonds. The molecule has 0 aliphatic carbocycles. The van der Waals surface area contributed by atoms with E-state index in [1.807, 2.05) is 97.1 Å². The van der Waals surface area contributed by atoms with E-state index >= 15 is 0 Å². The highest BCUT2D eigenvalue weighted by Gasteiger charge is 2.38. The smallest absolute Gasteiger partial charge is 0.303 e. The molecule has 4 unspecified atom stereocenters. The molecule has 10 heteroatoms. The molecule has 3 N–H and O–H groups in total. The van der Waals surface area contributed by atoms with Crippen LogP contribution >= 0.6 is 11.8 Å². The molecule has 5 aromatic rings. The number of oxazole rings is 1. The molecule has 1 aromatic heterocycles. The summed E-state index contributed by atoms with van der Waals surface area (Å²) in [4.78, 5) is 28.0. The standard InChI is InChI=1S/C39H38N2O7S/c1-25-32(24-49-39-41-35(27-9-4-2-5-10-27)37(48-39)28-11-6-3-7-12-28)46-38(47-36(25)29-17-15-26(23-42)16-18-29)30-19-21-31(22-20-30)40-33(43)13-8-14-34(44)45/h2-7,9-12,15-22,25,32,36,38,42H,8,13-14,23-24H2,1H3,(H,40,43)(H,44,45). The number of carboxylic acid groups (broad SMARTS) is 1. The number of carbonyl (C=O) groups excluding carboxylic acids is 1. The fourth-order valence-corrected chi connectivity index (χ4v) is 6.74. The molecule has 49 heavy (non-hydrogen) atoms. The number of amides is 1. The molecule has 0 saturated carbocycles. The molecule has 9 nitrogen and oxygen atoms in total. The fraction of sp³-hybridized carbons (Fsp3) is 0.256. The number of nitrogens with one attached hydrogen (secondary N) is 1. The predicted molar refractivity (Wildman–Crippen MR) is 188 cm³/mol. The van der Waals surface area contributed by atoms with Gasteiger partial charge in [-0.05, 0) is 29.7 Å². The molecule has 1 aliphatic rings. The Labute approximate surface area is 289 Å². The van der Waals surface area contributed by atoms with Crippen LogP contribution in [0.15, 0.2) is 119 Å². The molecule has 4 aromatic carbocycles. The van der Waals surface area contributed by atoms with E-state index in [1.54, 1.807) is 12.1 Å². The van der Waals surface area contributed by atoms with Crippen molar-refractivity contribution in [1.82, 2.24) is 4.98 Å². The van der Waals surface area contributed by atoms with Crippen molar-refractivity contribution in [2.24, 2.45) is 5.92 Å². The van der Waals surface area contributed by atoms with Crippen LogP contribution in [-0.4, -0.2) is 38.9 Å². The van der Waals surface area contributed by atoms with Crippen molar-refractivity contribution in [2.75, 3.05) is 11.1 Å². The number of aliphatic hydroxyl groups excluding tert-OH is 1. The highest BCUT2D eigenvalue weighted by atomic mass is 32.2. The molecule has 1 aliphatic heterocycles. The summed E-state index contributed by atoms with van der Waals surface area (Å²) in [6, 6.07) is 35.0. The first-order valence-corrected chi connectivity index (χ1v) is 17.2. The second-order valence-electron chi connectivity index (χ2n) is 11.9. The summed E-state index contributed by atoms with van der Waals surface area (Å²) >= 11 is 1.50. The minimum absolute atomic E-state index is 0.0368. The van der Waals surface area contributed by atoms with Crippen LogP contribution in [0.3, 0.4) is 0 Å². The van der Waals surface area contributed by atoms with E-state index in [4.69, 9.17) is 24.0 Å². The topological polar surface area (TPSA) is 131 Å². The molecule has 0 spiro atoms. The average Bonchev–Trinajstić information content (AvgIpc) is 3.57. The van der Waals surface area contributed by atoms with E-state index < -0.39 is 12.3 Å². The summed E-state index contributed by atoms with van der Waals surface area (Å²) in [5, 5.41) is 21.8. The Balaban J connectivity index is 1.22. The zero-order chi connectivity index (χ0) is 34.2. The lowest BCUT2D eigenvalue weighted by Crippen LogP contribution is -2.38. The number of hydrogen-bond acceptors (Lipinski definition) is 8. The number of ether oxygens (including phenoxy) is 2. The lowest BCUT2D eigenvalue weighted by Gasteiger charge is -2.41. The molecule has 1 fully saturated rings. The Kier molecular flexibility index (Phi) is 11.2. The number of aromatic nitrogens is 1. The molecule has 4 atom stereocenters. The Bertz CT molecular complexity index is 1770. The predicted octanol–water partition coefficient (Wildman–Crippen LogP) is 8.28. The van der Waals surface area contributed by atoms with Gasteiger partial charge >= 0.3 is 5.97 Å². The van der Waals surface area contributed by atoms with Crippen LogP contribution in [0.5, 0.6) is 0 Å². The van der Waals surface area contributed by atoms with E-state index in [0.29, 0.717) is 22.4 Å². The third kappa shape index (κ3) is 8.65. The summed E-state index contributed by atoms with van der Waals surface area (Å²) < 4.78 is 19.6. The van der Waals surface area contributed by atoms with Gasteiger partial charge in [0.05, 0.1) is 18.8 Å². The number of rotatable bonds is 13. The number of anilines is 1. The molecule has 252 valence electrons. The molecule has 0 bridgehead atoms. The minimum atomic E-state index is -0.924. The number of nitrogens with zero attached hydrogens (tertiary/aromatic N) is 1. The van der Waals surface area contributed by atoms with Gasteiger partial charge in [-0.15, -0.1) is 0 Å². The average molecular weight is 679 g/mol. The second-order valence-corrected chi connectivity index (χ2v) is 12.9. The Morgan fingerprint density at radius 1 is 0.816 bits per heavy atom. The molecular formula is C39H38N2O7S. The lowest BCUT2D eigenvalue weighted by molar-refractivity contribution is -0.268. The third-order valence-electron chi connectivity index (χ3n) is 8.45. The van der Waals surface area contributed by atoms with Crippen LogP contribution in [0, 0.1) is 5.92 Å². The van der Waals surface area contributed by atoms with Crippen molar-refractivity contribution in [3.8, 4) is 22.6 Å². The maximum atomic E-state index is 12.3.